The van der Waals surface area contributed by atoms with Crippen molar-refractivity contribution < 1.29 is 4.42 Å². The molecule has 0 saturated carbocycles. The van der Waals surface area contributed by atoms with Crippen LogP contribution in [0.3, 0.4) is 0 Å². The van der Waals surface area contributed by atoms with Crippen molar-refractivity contribution >= 4 is 11.9 Å². The van der Waals surface area contributed by atoms with E-state index in [1.54, 1.807) is 0 Å². The number of hydrogen-bond acceptors (Lipinski definition) is 5. The molecule has 0 unspecified atom stereocenters. The molecular weight excluding hydrogens is 218 g/mol. The van der Waals surface area contributed by atoms with Crippen LogP contribution in [0, 0.1) is 6.92 Å². The van der Waals surface area contributed by atoms with Gasteiger partial charge in [0.05, 0.1) is 6.54 Å². The average Bonchev–Trinajstić information content (AvgIpc) is 2.86. The summed E-state index contributed by atoms with van der Waals surface area (Å²) in [5.74, 6) is 3.22. The zero-order valence-corrected chi connectivity index (χ0v) is 10.6. The molecule has 0 amide bonds. The molecule has 0 bridgehead atoms. The maximum absolute atomic E-state index is 5.52. The van der Waals surface area contributed by atoms with Gasteiger partial charge in [0.2, 0.25) is 11.9 Å². The zero-order valence-electron chi connectivity index (χ0n) is 10.6. The van der Waals surface area contributed by atoms with Crippen molar-refractivity contribution in [2.24, 2.45) is 0 Å². The van der Waals surface area contributed by atoms with Gasteiger partial charge in [-0.3, -0.25) is 0 Å². The molecule has 92 valence electrons. The Morgan fingerprint density at radius 1 is 1.29 bits per heavy atom. The van der Waals surface area contributed by atoms with E-state index in [4.69, 9.17) is 4.42 Å². The summed E-state index contributed by atoms with van der Waals surface area (Å²) in [6, 6.07) is 3.92. The molecular formula is C11H17N5O. The lowest BCUT2D eigenvalue weighted by atomic mass is 10.4. The van der Waals surface area contributed by atoms with Gasteiger partial charge in [-0.15, -0.1) is 5.10 Å². The van der Waals surface area contributed by atoms with Crippen molar-refractivity contribution in [1.82, 2.24) is 15.2 Å². The molecule has 0 spiro atoms. The molecule has 0 aliphatic rings. The third-order valence-corrected chi connectivity index (χ3v) is 2.41. The van der Waals surface area contributed by atoms with E-state index in [1.165, 1.54) is 0 Å². The van der Waals surface area contributed by atoms with Gasteiger partial charge in [0.1, 0.15) is 11.5 Å². The van der Waals surface area contributed by atoms with E-state index < -0.39 is 0 Å². The van der Waals surface area contributed by atoms with E-state index in [-0.39, 0.29) is 0 Å². The van der Waals surface area contributed by atoms with Crippen LogP contribution in [-0.4, -0.2) is 36.3 Å². The molecule has 0 aromatic carbocycles. The molecule has 6 nitrogen and oxygen atoms in total. The molecule has 0 radical (unpaired) electrons. The summed E-state index contributed by atoms with van der Waals surface area (Å²) in [6.45, 7) is 2.60. The number of aromatic amines is 1. The molecule has 0 aliphatic heterocycles. The fourth-order valence-corrected chi connectivity index (χ4v) is 1.49. The van der Waals surface area contributed by atoms with Crippen LogP contribution in [0.5, 0.6) is 0 Å². The molecule has 2 aromatic heterocycles. The topological polar surface area (TPSA) is 61.2 Å². The minimum Gasteiger partial charge on any atom is -0.464 e. The molecule has 1 N–H and O–H groups in total. The number of furan rings is 1. The number of rotatable bonds is 4. The number of nitrogens with one attached hydrogen (secondary N) is 1. The molecule has 2 aromatic rings. The van der Waals surface area contributed by atoms with Gasteiger partial charge >= 0.3 is 0 Å². The summed E-state index contributed by atoms with van der Waals surface area (Å²) < 4.78 is 5.52. The van der Waals surface area contributed by atoms with E-state index in [0.717, 1.165) is 17.5 Å². The van der Waals surface area contributed by atoms with E-state index in [2.05, 4.69) is 15.2 Å². The predicted octanol–water partition coefficient (Wildman–Crippen LogP) is 1.41. The molecule has 2 rings (SSSR count). The van der Waals surface area contributed by atoms with E-state index in [1.807, 2.05) is 50.0 Å². The summed E-state index contributed by atoms with van der Waals surface area (Å²) in [7, 11) is 5.75. The molecule has 6 heteroatoms. The number of H-pyrrole nitrogens is 1. The van der Waals surface area contributed by atoms with Crippen molar-refractivity contribution in [3.05, 3.63) is 23.7 Å². The van der Waals surface area contributed by atoms with Crippen LogP contribution in [0.1, 0.15) is 11.5 Å². The lowest BCUT2D eigenvalue weighted by molar-refractivity contribution is 0.480. The van der Waals surface area contributed by atoms with Gasteiger partial charge in [-0.2, -0.15) is 4.98 Å². The summed E-state index contributed by atoms with van der Waals surface area (Å²) in [5.41, 5.74) is 0. The van der Waals surface area contributed by atoms with Crippen LogP contribution >= 0.6 is 0 Å². The summed E-state index contributed by atoms with van der Waals surface area (Å²) >= 11 is 0. The first-order chi connectivity index (χ1) is 8.06. The maximum atomic E-state index is 5.52. The second-order valence-electron chi connectivity index (χ2n) is 4.22. The van der Waals surface area contributed by atoms with Gasteiger partial charge < -0.3 is 14.2 Å². The van der Waals surface area contributed by atoms with Crippen LogP contribution in [0.15, 0.2) is 16.5 Å². The van der Waals surface area contributed by atoms with Crippen molar-refractivity contribution in [2.45, 2.75) is 13.5 Å². The Labute approximate surface area is 100 Å². The minimum atomic E-state index is 0.663. The Balaban J connectivity index is 2.06. The Hall–Kier alpha value is -1.98. The summed E-state index contributed by atoms with van der Waals surface area (Å²) in [5, 5.41) is 7.00. The van der Waals surface area contributed by atoms with Gasteiger partial charge in [0, 0.05) is 21.1 Å². The van der Waals surface area contributed by atoms with Crippen LogP contribution in [0.4, 0.5) is 11.9 Å². The van der Waals surface area contributed by atoms with Gasteiger partial charge in [-0.1, -0.05) is 0 Å². The minimum absolute atomic E-state index is 0.663. The average molecular weight is 235 g/mol. The highest BCUT2D eigenvalue weighted by molar-refractivity contribution is 5.37. The van der Waals surface area contributed by atoms with Gasteiger partial charge in [-0.25, -0.2) is 5.10 Å². The number of hydrogen-bond donors (Lipinski definition) is 1. The Kier molecular flexibility index (Phi) is 3.03. The van der Waals surface area contributed by atoms with Gasteiger partial charge in [0.15, 0.2) is 0 Å². The lowest BCUT2D eigenvalue weighted by Crippen LogP contribution is -2.17. The van der Waals surface area contributed by atoms with Crippen molar-refractivity contribution in [1.29, 1.82) is 0 Å². The first-order valence-electron chi connectivity index (χ1n) is 5.42. The van der Waals surface area contributed by atoms with Crippen LogP contribution in [0.2, 0.25) is 0 Å². The number of aromatic nitrogens is 3. The second-order valence-corrected chi connectivity index (χ2v) is 4.22. The monoisotopic (exact) mass is 235 g/mol. The fourth-order valence-electron chi connectivity index (χ4n) is 1.49. The van der Waals surface area contributed by atoms with Crippen molar-refractivity contribution in [3.63, 3.8) is 0 Å². The third kappa shape index (κ3) is 2.58. The Morgan fingerprint density at radius 3 is 2.59 bits per heavy atom. The van der Waals surface area contributed by atoms with Crippen LogP contribution in [-0.2, 0) is 6.54 Å². The fraction of sp³-hybridized carbons (Fsp3) is 0.455. The van der Waals surface area contributed by atoms with E-state index in [0.29, 0.717) is 12.5 Å². The van der Waals surface area contributed by atoms with Crippen LogP contribution in [0.25, 0.3) is 0 Å². The highest BCUT2D eigenvalue weighted by Crippen LogP contribution is 2.14. The lowest BCUT2D eigenvalue weighted by Gasteiger charge is -2.13. The Bertz CT molecular complexity index is 488. The van der Waals surface area contributed by atoms with Gasteiger partial charge in [-0.05, 0) is 19.1 Å². The smallest absolute Gasteiger partial charge is 0.245 e. The maximum Gasteiger partial charge on any atom is 0.245 e. The first-order valence-corrected chi connectivity index (χ1v) is 5.42. The zero-order chi connectivity index (χ0) is 12.4. The summed E-state index contributed by atoms with van der Waals surface area (Å²) in [4.78, 5) is 8.16. The predicted molar refractivity (Wildman–Crippen MR) is 66.3 cm³/mol. The third-order valence-electron chi connectivity index (χ3n) is 2.41. The highest BCUT2D eigenvalue weighted by atomic mass is 16.3. The Morgan fingerprint density at radius 2 is 2.06 bits per heavy atom. The molecule has 2 heterocycles. The van der Waals surface area contributed by atoms with Crippen molar-refractivity contribution in [3.8, 4) is 0 Å². The van der Waals surface area contributed by atoms with E-state index >= 15 is 0 Å². The molecule has 17 heavy (non-hydrogen) atoms. The first kappa shape index (κ1) is 11.5. The number of nitrogens with zero attached hydrogens (tertiary/aromatic N) is 4. The van der Waals surface area contributed by atoms with Crippen LogP contribution < -0.4 is 9.80 Å². The standard InChI is InChI=1S/C11H17N5O/c1-8-5-6-9(17-8)7-16(4)11-12-10(13-14-11)15(2)3/h5-6H,7H2,1-4H3,(H,12,13,14). The summed E-state index contributed by atoms with van der Waals surface area (Å²) in [6.07, 6.45) is 0. The highest BCUT2D eigenvalue weighted by Gasteiger charge is 2.10. The number of anilines is 2. The normalized spacial score (nSPS) is 10.6. The molecule has 0 saturated heterocycles. The molecule has 0 atom stereocenters. The molecule has 0 aliphatic carbocycles. The largest absolute Gasteiger partial charge is 0.464 e. The SMILES string of the molecule is Cc1ccc(CN(C)c2nc(N(C)C)n[nH]2)o1. The quantitative estimate of drug-likeness (QED) is 0.868. The van der Waals surface area contributed by atoms with E-state index in [9.17, 15) is 0 Å². The number of aryl methyl sites for hydroxylation is 1. The second kappa shape index (κ2) is 4.48. The van der Waals surface area contributed by atoms with Gasteiger partial charge in [0.25, 0.3) is 0 Å². The molecule has 0 fully saturated rings. The van der Waals surface area contributed by atoms with Crippen molar-refractivity contribution in [2.75, 3.05) is 30.9 Å².